The summed E-state index contributed by atoms with van der Waals surface area (Å²) in [6.45, 7) is 3.46. The summed E-state index contributed by atoms with van der Waals surface area (Å²) >= 11 is 0. The van der Waals surface area contributed by atoms with E-state index in [0.29, 0.717) is 26.2 Å². The number of rotatable bonds is 7. The molecule has 1 amide bonds. The number of piperazine rings is 1. The van der Waals surface area contributed by atoms with Crippen molar-refractivity contribution < 1.29 is 17.6 Å². The molecule has 1 aromatic carbocycles. The van der Waals surface area contributed by atoms with Crippen LogP contribution in [0.3, 0.4) is 0 Å². The fraction of sp³-hybridized carbons (Fsp3) is 0.350. The third-order valence-corrected chi connectivity index (χ3v) is 6.28. The van der Waals surface area contributed by atoms with E-state index in [-0.39, 0.29) is 18.5 Å². The smallest absolute Gasteiger partial charge is 0.236 e. The predicted molar refractivity (Wildman–Crippen MR) is 108 cm³/mol. The van der Waals surface area contributed by atoms with Gasteiger partial charge in [0.2, 0.25) is 15.9 Å². The number of sulfonamides is 1. The highest BCUT2D eigenvalue weighted by molar-refractivity contribution is 7.92. The SMILES string of the molecule is C[C@H](NCC(=O)N1CCN(S(=O)(=O)/C=C/c2ccccc2)CC1)c1ccco1. The van der Waals surface area contributed by atoms with Crippen LogP contribution >= 0.6 is 0 Å². The molecule has 7 nitrogen and oxygen atoms in total. The zero-order valence-corrected chi connectivity index (χ0v) is 16.6. The summed E-state index contributed by atoms with van der Waals surface area (Å²) < 4.78 is 31.7. The van der Waals surface area contributed by atoms with Crippen molar-refractivity contribution in [3.63, 3.8) is 0 Å². The summed E-state index contributed by atoms with van der Waals surface area (Å²) in [4.78, 5) is 14.1. The molecule has 0 radical (unpaired) electrons. The Morgan fingerprint density at radius 3 is 2.50 bits per heavy atom. The van der Waals surface area contributed by atoms with Crippen LogP contribution in [0.4, 0.5) is 0 Å². The van der Waals surface area contributed by atoms with Gasteiger partial charge in [0, 0.05) is 31.6 Å². The molecule has 0 spiro atoms. The maximum absolute atomic E-state index is 12.5. The summed E-state index contributed by atoms with van der Waals surface area (Å²) in [5.41, 5.74) is 0.830. The van der Waals surface area contributed by atoms with Crippen LogP contribution in [0.25, 0.3) is 6.08 Å². The Balaban J connectivity index is 1.48. The molecule has 2 aromatic rings. The Labute approximate surface area is 165 Å². The van der Waals surface area contributed by atoms with Gasteiger partial charge in [-0.15, -0.1) is 0 Å². The summed E-state index contributed by atoms with van der Waals surface area (Å²) in [6.07, 6.45) is 3.19. The molecule has 0 saturated carbocycles. The lowest BCUT2D eigenvalue weighted by Crippen LogP contribution is -2.51. The minimum atomic E-state index is -3.50. The second-order valence-corrected chi connectivity index (χ2v) is 8.47. The Morgan fingerprint density at radius 2 is 1.86 bits per heavy atom. The molecule has 8 heteroatoms. The van der Waals surface area contributed by atoms with E-state index in [0.717, 1.165) is 11.3 Å². The van der Waals surface area contributed by atoms with E-state index >= 15 is 0 Å². The minimum absolute atomic E-state index is 0.0460. The van der Waals surface area contributed by atoms with E-state index in [1.54, 1.807) is 23.3 Å². The van der Waals surface area contributed by atoms with Crippen LogP contribution in [0.1, 0.15) is 24.3 Å². The third kappa shape index (κ3) is 5.31. The lowest BCUT2D eigenvalue weighted by atomic mass is 10.2. The van der Waals surface area contributed by atoms with E-state index in [9.17, 15) is 13.2 Å². The summed E-state index contributed by atoms with van der Waals surface area (Å²) in [7, 11) is -3.50. The quantitative estimate of drug-likeness (QED) is 0.765. The first-order valence-corrected chi connectivity index (χ1v) is 10.7. The fourth-order valence-electron chi connectivity index (χ4n) is 3.00. The van der Waals surface area contributed by atoms with E-state index in [1.165, 1.54) is 9.71 Å². The molecule has 1 atom stereocenters. The van der Waals surface area contributed by atoms with Crippen LogP contribution in [0.15, 0.2) is 58.6 Å². The first-order chi connectivity index (χ1) is 13.5. The molecule has 1 fully saturated rings. The van der Waals surface area contributed by atoms with Crippen LogP contribution in [0.5, 0.6) is 0 Å². The zero-order valence-electron chi connectivity index (χ0n) is 15.8. The van der Waals surface area contributed by atoms with Gasteiger partial charge in [-0.05, 0) is 30.7 Å². The van der Waals surface area contributed by atoms with Crippen LogP contribution in [-0.2, 0) is 14.8 Å². The maximum atomic E-state index is 12.5. The molecule has 0 aliphatic carbocycles. The zero-order chi connectivity index (χ0) is 20.0. The largest absolute Gasteiger partial charge is 0.468 e. The van der Waals surface area contributed by atoms with Gasteiger partial charge in [0.1, 0.15) is 5.76 Å². The molecule has 3 rings (SSSR count). The number of benzene rings is 1. The van der Waals surface area contributed by atoms with Gasteiger partial charge in [-0.3, -0.25) is 10.1 Å². The molecular weight excluding hydrogens is 378 g/mol. The van der Waals surface area contributed by atoms with Crippen LogP contribution in [-0.4, -0.2) is 56.3 Å². The van der Waals surface area contributed by atoms with Crippen molar-refractivity contribution in [1.82, 2.24) is 14.5 Å². The highest BCUT2D eigenvalue weighted by Gasteiger charge is 2.27. The highest BCUT2D eigenvalue weighted by Crippen LogP contribution is 2.13. The molecule has 150 valence electrons. The molecule has 28 heavy (non-hydrogen) atoms. The maximum Gasteiger partial charge on any atom is 0.236 e. The number of amides is 1. The Kier molecular flexibility index (Phi) is 6.66. The van der Waals surface area contributed by atoms with Crippen molar-refractivity contribution in [3.8, 4) is 0 Å². The summed E-state index contributed by atoms with van der Waals surface area (Å²) in [6, 6.07) is 12.9. The number of hydrogen-bond acceptors (Lipinski definition) is 5. The van der Waals surface area contributed by atoms with Crippen LogP contribution in [0.2, 0.25) is 0 Å². The average Bonchev–Trinajstić information content (AvgIpc) is 3.26. The van der Waals surface area contributed by atoms with E-state index in [4.69, 9.17) is 4.42 Å². The Hall–Kier alpha value is -2.42. The first kappa shape index (κ1) is 20.3. The van der Waals surface area contributed by atoms with E-state index < -0.39 is 10.0 Å². The second-order valence-electron chi connectivity index (χ2n) is 6.66. The van der Waals surface area contributed by atoms with Gasteiger partial charge in [0.25, 0.3) is 0 Å². The normalized spacial score (nSPS) is 17.1. The van der Waals surface area contributed by atoms with Gasteiger partial charge in [-0.25, -0.2) is 8.42 Å². The molecule has 1 N–H and O–H groups in total. The fourth-order valence-corrected chi connectivity index (χ4v) is 4.17. The lowest BCUT2D eigenvalue weighted by Gasteiger charge is -2.33. The van der Waals surface area contributed by atoms with Gasteiger partial charge in [-0.1, -0.05) is 30.3 Å². The van der Waals surface area contributed by atoms with E-state index in [1.807, 2.05) is 43.3 Å². The number of nitrogens with zero attached hydrogens (tertiary/aromatic N) is 2. The van der Waals surface area contributed by atoms with Crippen molar-refractivity contribution in [3.05, 3.63) is 65.5 Å². The van der Waals surface area contributed by atoms with Crippen molar-refractivity contribution in [2.45, 2.75) is 13.0 Å². The van der Waals surface area contributed by atoms with E-state index in [2.05, 4.69) is 5.32 Å². The molecule has 0 bridgehead atoms. The highest BCUT2D eigenvalue weighted by atomic mass is 32.2. The number of carbonyl (C=O) groups is 1. The number of nitrogens with one attached hydrogen (secondary N) is 1. The molecule has 0 unspecified atom stereocenters. The van der Waals surface area contributed by atoms with Crippen LogP contribution < -0.4 is 5.32 Å². The summed E-state index contributed by atoms with van der Waals surface area (Å²) in [5, 5.41) is 4.36. The van der Waals surface area contributed by atoms with Gasteiger partial charge >= 0.3 is 0 Å². The standard InChI is InChI=1S/C20H25N3O4S/c1-17(19-8-5-14-27-19)21-16-20(24)22-10-12-23(13-11-22)28(25,26)15-9-18-6-3-2-4-7-18/h2-9,14-15,17,21H,10-13,16H2,1H3/b15-9+/t17-/m0/s1. The topological polar surface area (TPSA) is 82.9 Å². The molecule has 1 aliphatic heterocycles. The number of furan rings is 1. The summed E-state index contributed by atoms with van der Waals surface area (Å²) in [5.74, 6) is 0.726. The monoisotopic (exact) mass is 403 g/mol. The van der Waals surface area contributed by atoms with Gasteiger partial charge in [0.15, 0.2) is 0 Å². The van der Waals surface area contributed by atoms with Gasteiger partial charge < -0.3 is 9.32 Å². The Bertz CT molecular complexity index is 887. The van der Waals surface area contributed by atoms with Crippen molar-refractivity contribution in [1.29, 1.82) is 0 Å². The van der Waals surface area contributed by atoms with Gasteiger partial charge in [0.05, 0.1) is 18.8 Å². The average molecular weight is 404 g/mol. The number of hydrogen-bond donors (Lipinski definition) is 1. The van der Waals surface area contributed by atoms with Crippen molar-refractivity contribution >= 4 is 22.0 Å². The molecule has 1 aliphatic rings. The second kappa shape index (κ2) is 9.18. The molecule has 1 saturated heterocycles. The minimum Gasteiger partial charge on any atom is -0.468 e. The van der Waals surface area contributed by atoms with Crippen LogP contribution in [0, 0.1) is 0 Å². The Morgan fingerprint density at radius 1 is 1.14 bits per heavy atom. The lowest BCUT2D eigenvalue weighted by molar-refractivity contribution is -0.131. The van der Waals surface area contributed by atoms with Gasteiger partial charge in [-0.2, -0.15) is 4.31 Å². The molecule has 2 heterocycles. The number of carbonyl (C=O) groups excluding carboxylic acids is 1. The van der Waals surface area contributed by atoms with Crippen molar-refractivity contribution in [2.75, 3.05) is 32.7 Å². The van der Waals surface area contributed by atoms with Crippen molar-refractivity contribution in [2.24, 2.45) is 0 Å². The molecular formula is C20H25N3O4S. The predicted octanol–water partition coefficient (Wildman–Crippen LogP) is 2.08. The first-order valence-electron chi connectivity index (χ1n) is 9.23. The molecule has 1 aromatic heterocycles. The third-order valence-electron chi connectivity index (χ3n) is 4.71.